The summed E-state index contributed by atoms with van der Waals surface area (Å²) in [6, 6.07) is 0. The standard InChI is InChI=1S/C9H14N4O2S/c1-11-7(14)3-4-13(2)8(15)6-5-16-9(10)12-6/h5H,3-4H2,1-2H3,(H2,10,12)(H,11,14). The van der Waals surface area contributed by atoms with E-state index in [1.807, 2.05) is 0 Å². The maximum atomic E-state index is 11.7. The number of hydrogen-bond donors (Lipinski definition) is 2. The summed E-state index contributed by atoms with van der Waals surface area (Å²) in [5, 5.41) is 4.46. The van der Waals surface area contributed by atoms with Gasteiger partial charge in [-0.2, -0.15) is 0 Å². The van der Waals surface area contributed by atoms with Crippen LogP contribution in [-0.4, -0.2) is 42.3 Å². The number of carbonyl (C=O) groups is 2. The fourth-order valence-electron chi connectivity index (χ4n) is 1.08. The molecule has 16 heavy (non-hydrogen) atoms. The van der Waals surface area contributed by atoms with E-state index in [0.717, 1.165) is 0 Å². The molecule has 0 saturated heterocycles. The predicted molar refractivity (Wildman–Crippen MR) is 62.2 cm³/mol. The van der Waals surface area contributed by atoms with E-state index in [-0.39, 0.29) is 18.2 Å². The van der Waals surface area contributed by atoms with E-state index < -0.39 is 0 Å². The smallest absolute Gasteiger partial charge is 0.273 e. The number of nitrogen functional groups attached to an aromatic ring is 1. The van der Waals surface area contributed by atoms with Gasteiger partial charge in [0, 0.05) is 32.4 Å². The molecule has 88 valence electrons. The molecule has 6 nitrogen and oxygen atoms in total. The number of nitrogens with zero attached hydrogens (tertiary/aromatic N) is 2. The molecular weight excluding hydrogens is 228 g/mol. The minimum Gasteiger partial charge on any atom is -0.375 e. The monoisotopic (exact) mass is 242 g/mol. The van der Waals surface area contributed by atoms with Gasteiger partial charge < -0.3 is 16.0 Å². The van der Waals surface area contributed by atoms with Crippen LogP contribution in [0.3, 0.4) is 0 Å². The van der Waals surface area contributed by atoms with Gasteiger partial charge in [-0.25, -0.2) is 4.98 Å². The number of thiazole rings is 1. The van der Waals surface area contributed by atoms with Gasteiger partial charge in [0.1, 0.15) is 5.69 Å². The maximum Gasteiger partial charge on any atom is 0.273 e. The minimum atomic E-state index is -0.225. The minimum absolute atomic E-state index is 0.0996. The molecule has 0 saturated carbocycles. The van der Waals surface area contributed by atoms with Crippen LogP contribution in [0.5, 0.6) is 0 Å². The van der Waals surface area contributed by atoms with Crippen LogP contribution < -0.4 is 11.1 Å². The van der Waals surface area contributed by atoms with E-state index in [9.17, 15) is 9.59 Å². The third-order valence-electron chi connectivity index (χ3n) is 2.04. The fourth-order valence-corrected chi connectivity index (χ4v) is 1.61. The predicted octanol–water partition coefficient (Wildman–Crippen LogP) is -0.0666. The molecule has 0 atom stereocenters. The molecule has 0 spiro atoms. The third kappa shape index (κ3) is 3.20. The number of amides is 2. The second-order valence-corrected chi connectivity index (χ2v) is 4.11. The topological polar surface area (TPSA) is 88.3 Å². The van der Waals surface area contributed by atoms with Gasteiger partial charge in [-0.15, -0.1) is 11.3 Å². The summed E-state index contributed by atoms with van der Waals surface area (Å²) >= 11 is 1.22. The maximum absolute atomic E-state index is 11.7. The number of anilines is 1. The van der Waals surface area contributed by atoms with Gasteiger partial charge in [-0.05, 0) is 0 Å². The lowest BCUT2D eigenvalue weighted by Crippen LogP contribution is -2.31. The van der Waals surface area contributed by atoms with Gasteiger partial charge in [-0.3, -0.25) is 9.59 Å². The van der Waals surface area contributed by atoms with Crippen molar-refractivity contribution in [2.45, 2.75) is 6.42 Å². The largest absolute Gasteiger partial charge is 0.375 e. The van der Waals surface area contributed by atoms with Crippen molar-refractivity contribution in [3.8, 4) is 0 Å². The van der Waals surface area contributed by atoms with E-state index >= 15 is 0 Å². The molecule has 0 radical (unpaired) electrons. The van der Waals surface area contributed by atoms with E-state index in [0.29, 0.717) is 17.4 Å². The summed E-state index contributed by atoms with van der Waals surface area (Å²) < 4.78 is 0. The Kier molecular flexibility index (Phi) is 4.24. The van der Waals surface area contributed by atoms with Crippen molar-refractivity contribution in [2.75, 3.05) is 26.4 Å². The summed E-state index contributed by atoms with van der Waals surface area (Å²) in [6.45, 7) is 0.357. The first-order valence-electron chi connectivity index (χ1n) is 4.71. The normalized spacial score (nSPS) is 9.88. The quantitative estimate of drug-likeness (QED) is 0.773. The molecule has 0 aliphatic rings. The summed E-state index contributed by atoms with van der Waals surface area (Å²) in [4.78, 5) is 28.1. The first kappa shape index (κ1) is 12.4. The van der Waals surface area contributed by atoms with Crippen LogP contribution in [0.25, 0.3) is 0 Å². The first-order valence-corrected chi connectivity index (χ1v) is 5.59. The van der Waals surface area contributed by atoms with Crippen LogP contribution in [-0.2, 0) is 4.79 Å². The van der Waals surface area contributed by atoms with Crippen LogP contribution in [0.1, 0.15) is 16.9 Å². The Morgan fingerprint density at radius 1 is 1.62 bits per heavy atom. The summed E-state index contributed by atoms with van der Waals surface area (Å²) in [6.07, 6.45) is 0.276. The molecular formula is C9H14N4O2S. The molecule has 0 bridgehead atoms. The molecule has 0 aliphatic carbocycles. The van der Waals surface area contributed by atoms with Crippen molar-refractivity contribution in [2.24, 2.45) is 0 Å². The SMILES string of the molecule is CNC(=O)CCN(C)C(=O)c1csc(N)n1. The number of hydrogen-bond acceptors (Lipinski definition) is 5. The van der Waals surface area contributed by atoms with Crippen molar-refractivity contribution in [3.05, 3.63) is 11.1 Å². The zero-order valence-electron chi connectivity index (χ0n) is 9.19. The molecule has 0 unspecified atom stereocenters. The molecule has 1 aromatic heterocycles. The van der Waals surface area contributed by atoms with Crippen LogP contribution in [0.4, 0.5) is 5.13 Å². The lowest BCUT2D eigenvalue weighted by molar-refractivity contribution is -0.120. The number of nitrogens with two attached hydrogens (primary N) is 1. The zero-order valence-corrected chi connectivity index (χ0v) is 10.0. The van der Waals surface area contributed by atoms with Crippen LogP contribution in [0, 0.1) is 0 Å². The number of rotatable bonds is 4. The molecule has 0 aromatic carbocycles. The molecule has 0 fully saturated rings. The van der Waals surface area contributed by atoms with Gasteiger partial charge in [-0.1, -0.05) is 0 Å². The molecule has 3 N–H and O–H groups in total. The summed E-state index contributed by atoms with van der Waals surface area (Å²) in [7, 11) is 3.19. The van der Waals surface area contributed by atoms with E-state index in [1.54, 1.807) is 19.5 Å². The number of aromatic nitrogens is 1. The van der Waals surface area contributed by atoms with Crippen molar-refractivity contribution < 1.29 is 9.59 Å². The summed E-state index contributed by atoms with van der Waals surface area (Å²) in [5.41, 5.74) is 5.75. The summed E-state index contributed by atoms with van der Waals surface area (Å²) in [5.74, 6) is -0.325. The second-order valence-electron chi connectivity index (χ2n) is 3.22. The Balaban J connectivity index is 2.51. The highest BCUT2D eigenvalue weighted by molar-refractivity contribution is 7.13. The van der Waals surface area contributed by atoms with Crippen molar-refractivity contribution in [3.63, 3.8) is 0 Å². The lowest BCUT2D eigenvalue weighted by atomic mass is 10.3. The molecule has 2 amide bonds. The molecule has 7 heteroatoms. The fraction of sp³-hybridized carbons (Fsp3) is 0.444. The lowest BCUT2D eigenvalue weighted by Gasteiger charge is -2.14. The third-order valence-corrected chi connectivity index (χ3v) is 2.71. The average Bonchev–Trinajstić information content (AvgIpc) is 2.71. The molecule has 1 heterocycles. The number of nitrogens with one attached hydrogen (secondary N) is 1. The Labute approximate surface area is 97.5 Å². The highest BCUT2D eigenvalue weighted by atomic mass is 32.1. The zero-order chi connectivity index (χ0) is 12.1. The Hall–Kier alpha value is -1.63. The number of carbonyl (C=O) groups excluding carboxylic acids is 2. The van der Waals surface area contributed by atoms with Gasteiger partial charge in [0.25, 0.3) is 5.91 Å². The van der Waals surface area contributed by atoms with E-state index in [4.69, 9.17) is 5.73 Å². The molecule has 1 rings (SSSR count). The van der Waals surface area contributed by atoms with Gasteiger partial charge in [0.2, 0.25) is 5.91 Å². The average molecular weight is 242 g/mol. The van der Waals surface area contributed by atoms with Crippen molar-refractivity contribution in [1.29, 1.82) is 0 Å². The highest BCUT2D eigenvalue weighted by Gasteiger charge is 2.15. The van der Waals surface area contributed by atoms with Gasteiger partial charge in [0.05, 0.1) is 0 Å². The van der Waals surface area contributed by atoms with Gasteiger partial charge >= 0.3 is 0 Å². The Morgan fingerprint density at radius 2 is 2.31 bits per heavy atom. The molecule has 1 aromatic rings. The van der Waals surface area contributed by atoms with E-state index in [1.165, 1.54) is 16.2 Å². The van der Waals surface area contributed by atoms with E-state index in [2.05, 4.69) is 10.3 Å². The first-order chi connectivity index (χ1) is 7.54. The van der Waals surface area contributed by atoms with Gasteiger partial charge in [0.15, 0.2) is 5.13 Å². The van der Waals surface area contributed by atoms with Crippen molar-refractivity contribution in [1.82, 2.24) is 15.2 Å². The highest BCUT2D eigenvalue weighted by Crippen LogP contribution is 2.12. The Bertz CT molecular complexity index is 391. The van der Waals surface area contributed by atoms with Crippen molar-refractivity contribution >= 4 is 28.3 Å². The molecule has 0 aliphatic heterocycles. The Morgan fingerprint density at radius 3 is 2.81 bits per heavy atom. The second kappa shape index (κ2) is 5.45. The van der Waals surface area contributed by atoms with Crippen LogP contribution in [0.15, 0.2) is 5.38 Å². The van der Waals surface area contributed by atoms with Crippen LogP contribution in [0.2, 0.25) is 0 Å². The van der Waals surface area contributed by atoms with Crippen LogP contribution >= 0.6 is 11.3 Å².